The number of nitrogens with zero attached hydrogens (tertiary/aromatic N) is 2. The first kappa shape index (κ1) is 12.8. The Balaban J connectivity index is 2.37. The standard InChI is InChI=1S/C13H19N3O2/c1-10-12(6-4-7-13(10)16(17)18)15-8-3-2-5-11(15)9-14/h4,6-7,11H,2-3,5,8-9,14H2,1H3. The Morgan fingerprint density at radius 3 is 2.94 bits per heavy atom. The minimum absolute atomic E-state index is 0.189. The zero-order valence-corrected chi connectivity index (χ0v) is 10.6. The van der Waals surface area contributed by atoms with Gasteiger partial charge >= 0.3 is 0 Å². The van der Waals surface area contributed by atoms with E-state index in [1.807, 2.05) is 13.0 Å². The van der Waals surface area contributed by atoms with Crippen LogP contribution in [0.5, 0.6) is 0 Å². The van der Waals surface area contributed by atoms with Crippen LogP contribution in [0.1, 0.15) is 24.8 Å². The summed E-state index contributed by atoms with van der Waals surface area (Å²) < 4.78 is 0. The summed E-state index contributed by atoms with van der Waals surface area (Å²) in [4.78, 5) is 12.9. The van der Waals surface area contributed by atoms with E-state index in [1.165, 1.54) is 6.42 Å². The molecule has 2 N–H and O–H groups in total. The van der Waals surface area contributed by atoms with Crippen LogP contribution in [-0.2, 0) is 0 Å². The molecule has 0 spiro atoms. The van der Waals surface area contributed by atoms with Crippen molar-refractivity contribution < 1.29 is 4.92 Å². The number of nitro groups is 1. The van der Waals surface area contributed by atoms with Crippen molar-refractivity contribution in [2.75, 3.05) is 18.0 Å². The van der Waals surface area contributed by atoms with Crippen LogP contribution in [0.4, 0.5) is 11.4 Å². The van der Waals surface area contributed by atoms with Gasteiger partial charge in [-0.05, 0) is 32.3 Å². The lowest BCUT2D eigenvalue weighted by atomic mass is 9.99. The van der Waals surface area contributed by atoms with Gasteiger partial charge in [-0.25, -0.2) is 0 Å². The van der Waals surface area contributed by atoms with Crippen molar-refractivity contribution in [1.29, 1.82) is 0 Å². The highest BCUT2D eigenvalue weighted by molar-refractivity contribution is 5.62. The molecule has 18 heavy (non-hydrogen) atoms. The SMILES string of the molecule is Cc1c(N2CCCCC2CN)cccc1[N+](=O)[O-]. The van der Waals surface area contributed by atoms with Crippen molar-refractivity contribution >= 4 is 11.4 Å². The number of hydrogen-bond donors (Lipinski definition) is 1. The third-order valence-corrected chi connectivity index (χ3v) is 3.68. The van der Waals surface area contributed by atoms with Gasteiger partial charge in [0.05, 0.1) is 10.5 Å². The molecule has 2 rings (SSSR count). The zero-order chi connectivity index (χ0) is 13.1. The van der Waals surface area contributed by atoms with Crippen LogP contribution in [0.15, 0.2) is 18.2 Å². The van der Waals surface area contributed by atoms with E-state index in [9.17, 15) is 10.1 Å². The Morgan fingerprint density at radius 1 is 1.50 bits per heavy atom. The van der Waals surface area contributed by atoms with E-state index in [0.717, 1.165) is 30.6 Å². The molecule has 0 saturated carbocycles. The van der Waals surface area contributed by atoms with Crippen molar-refractivity contribution in [1.82, 2.24) is 0 Å². The molecule has 0 aliphatic carbocycles. The average Bonchev–Trinajstić information content (AvgIpc) is 2.38. The Bertz CT molecular complexity index is 448. The fourth-order valence-corrected chi connectivity index (χ4v) is 2.68. The highest BCUT2D eigenvalue weighted by atomic mass is 16.6. The monoisotopic (exact) mass is 249 g/mol. The zero-order valence-electron chi connectivity index (χ0n) is 10.6. The molecule has 1 saturated heterocycles. The number of nitrogens with two attached hydrogens (primary N) is 1. The molecule has 0 radical (unpaired) electrons. The highest BCUT2D eigenvalue weighted by Crippen LogP contribution is 2.32. The molecule has 5 heteroatoms. The van der Waals surface area contributed by atoms with Gasteiger partial charge in [-0.3, -0.25) is 10.1 Å². The molecule has 1 heterocycles. The summed E-state index contributed by atoms with van der Waals surface area (Å²) in [5.41, 5.74) is 7.69. The van der Waals surface area contributed by atoms with Crippen LogP contribution in [0.3, 0.4) is 0 Å². The number of piperidine rings is 1. The lowest BCUT2D eigenvalue weighted by Gasteiger charge is -2.37. The predicted octanol–water partition coefficient (Wildman–Crippen LogP) is 2.22. The van der Waals surface area contributed by atoms with Crippen LogP contribution in [-0.4, -0.2) is 24.1 Å². The van der Waals surface area contributed by atoms with Gasteiger partial charge in [-0.15, -0.1) is 0 Å². The van der Waals surface area contributed by atoms with E-state index >= 15 is 0 Å². The summed E-state index contributed by atoms with van der Waals surface area (Å²) in [6.07, 6.45) is 3.38. The van der Waals surface area contributed by atoms with Crippen LogP contribution in [0.2, 0.25) is 0 Å². The maximum absolute atomic E-state index is 11.0. The number of rotatable bonds is 3. The molecule has 1 aromatic carbocycles. The second-order valence-corrected chi connectivity index (χ2v) is 4.76. The highest BCUT2D eigenvalue weighted by Gasteiger charge is 2.25. The van der Waals surface area contributed by atoms with E-state index in [-0.39, 0.29) is 10.6 Å². The van der Waals surface area contributed by atoms with Gasteiger partial charge in [-0.2, -0.15) is 0 Å². The Hall–Kier alpha value is -1.62. The van der Waals surface area contributed by atoms with Crippen molar-refractivity contribution in [2.45, 2.75) is 32.2 Å². The second kappa shape index (κ2) is 5.35. The number of benzene rings is 1. The molecule has 0 aromatic heterocycles. The lowest BCUT2D eigenvalue weighted by molar-refractivity contribution is -0.385. The van der Waals surface area contributed by atoms with E-state index in [4.69, 9.17) is 5.73 Å². The largest absolute Gasteiger partial charge is 0.367 e. The summed E-state index contributed by atoms with van der Waals surface area (Å²) in [6, 6.07) is 5.57. The average molecular weight is 249 g/mol. The smallest absolute Gasteiger partial charge is 0.274 e. The normalized spacial score (nSPS) is 19.9. The van der Waals surface area contributed by atoms with Gasteiger partial charge in [0.1, 0.15) is 0 Å². The summed E-state index contributed by atoms with van der Waals surface area (Å²) in [7, 11) is 0. The summed E-state index contributed by atoms with van der Waals surface area (Å²) in [6.45, 7) is 3.35. The second-order valence-electron chi connectivity index (χ2n) is 4.76. The molecule has 98 valence electrons. The van der Waals surface area contributed by atoms with Crippen molar-refractivity contribution in [3.05, 3.63) is 33.9 Å². The summed E-state index contributed by atoms with van der Waals surface area (Å²) in [5.74, 6) is 0. The first-order valence-corrected chi connectivity index (χ1v) is 6.36. The topological polar surface area (TPSA) is 72.4 Å². The third-order valence-electron chi connectivity index (χ3n) is 3.68. The maximum Gasteiger partial charge on any atom is 0.274 e. The van der Waals surface area contributed by atoms with Gasteiger partial charge in [0.2, 0.25) is 0 Å². The summed E-state index contributed by atoms with van der Waals surface area (Å²) in [5, 5.41) is 11.0. The molecule has 1 aliphatic rings. The number of nitro benzene ring substituents is 1. The van der Waals surface area contributed by atoms with E-state index in [0.29, 0.717) is 12.6 Å². The molecular formula is C13H19N3O2. The lowest BCUT2D eigenvalue weighted by Crippen LogP contribution is -2.44. The quantitative estimate of drug-likeness (QED) is 0.658. The van der Waals surface area contributed by atoms with Crippen molar-refractivity contribution in [3.63, 3.8) is 0 Å². The Kier molecular flexibility index (Phi) is 3.81. The van der Waals surface area contributed by atoms with Gasteiger partial charge in [-0.1, -0.05) is 6.07 Å². The van der Waals surface area contributed by atoms with Crippen molar-refractivity contribution in [3.8, 4) is 0 Å². The minimum Gasteiger partial charge on any atom is -0.367 e. The van der Waals surface area contributed by atoms with Crippen LogP contribution < -0.4 is 10.6 Å². The summed E-state index contributed by atoms with van der Waals surface area (Å²) >= 11 is 0. The molecule has 0 bridgehead atoms. The van der Waals surface area contributed by atoms with Gasteiger partial charge in [0.25, 0.3) is 5.69 Å². The fraction of sp³-hybridized carbons (Fsp3) is 0.538. The Morgan fingerprint density at radius 2 is 2.28 bits per heavy atom. The van der Waals surface area contributed by atoms with Crippen LogP contribution >= 0.6 is 0 Å². The molecular weight excluding hydrogens is 230 g/mol. The minimum atomic E-state index is -0.319. The maximum atomic E-state index is 11.0. The van der Waals surface area contributed by atoms with Crippen LogP contribution in [0.25, 0.3) is 0 Å². The predicted molar refractivity (Wildman–Crippen MR) is 71.9 cm³/mol. The molecule has 1 atom stereocenters. The van der Waals surface area contributed by atoms with Crippen molar-refractivity contribution in [2.24, 2.45) is 5.73 Å². The van der Waals surface area contributed by atoms with Gasteiger partial charge in [0.15, 0.2) is 0 Å². The van der Waals surface area contributed by atoms with Gasteiger partial charge in [0, 0.05) is 30.9 Å². The van der Waals surface area contributed by atoms with E-state index < -0.39 is 0 Å². The molecule has 5 nitrogen and oxygen atoms in total. The third kappa shape index (κ3) is 2.31. The first-order valence-electron chi connectivity index (χ1n) is 6.36. The Labute approximate surface area is 107 Å². The van der Waals surface area contributed by atoms with Crippen LogP contribution in [0, 0.1) is 17.0 Å². The molecule has 1 unspecified atom stereocenters. The van der Waals surface area contributed by atoms with E-state index in [1.54, 1.807) is 12.1 Å². The number of anilines is 1. The molecule has 0 amide bonds. The molecule has 1 fully saturated rings. The first-order chi connectivity index (χ1) is 8.65. The fourth-order valence-electron chi connectivity index (χ4n) is 2.68. The molecule has 1 aliphatic heterocycles. The van der Waals surface area contributed by atoms with Gasteiger partial charge < -0.3 is 10.6 Å². The number of hydrogen-bond acceptors (Lipinski definition) is 4. The van der Waals surface area contributed by atoms with E-state index in [2.05, 4.69) is 4.90 Å². The molecule has 1 aromatic rings.